The molecule has 1 rings (SSSR count). The summed E-state index contributed by atoms with van der Waals surface area (Å²) in [6.07, 6.45) is 2.55. The van der Waals surface area contributed by atoms with Gasteiger partial charge in [0.15, 0.2) is 0 Å². The molecule has 4 nitrogen and oxygen atoms in total. The molecule has 1 saturated heterocycles. The van der Waals surface area contributed by atoms with Gasteiger partial charge in [-0.2, -0.15) is 13.2 Å². The molecule has 0 aromatic carbocycles. The van der Waals surface area contributed by atoms with Crippen molar-refractivity contribution < 1.29 is 21.6 Å². The monoisotopic (exact) mass is 260 g/mol. The molecule has 0 radical (unpaired) electrons. The molecule has 8 heteroatoms. The summed E-state index contributed by atoms with van der Waals surface area (Å²) in [5, 5.41) is 3.00. The minimum atomic E-state index is -5.24. The van der Waals surface area contributed by atoms with Crippen molar-refractivity contribution in [1.29, 1.82) is 0 Å². The van der Waals surface area contributed by atoms with Crippen LogP contribution < -0.4 is 10.0 Å². The summed E-state index contributed by atoms with van der Waals surface area (Å²) in [6.45, 7) is 2.15. The summed E-state index contributed by atoms with van der Waals surface area (Å²) in [5.41, 5.74) is -5.24. The van der Waals surface area contributed by atoms with Crippen LogP contribution in [0.5, 0.6) is 0 Å². The van der Waals surface area contributed by atoms with Crippen molar-refractivity contribution in [2.45, 2.75) is 43.8 Å². The maximum atomic E-state index is 12.1. The predicted molar refractivity (Wildman–Crippen MR) is 53.2 cm³/mol. The molecule has 0 aromatic heterocycles. The summed E-state index contributed by atoms with van der Waals surface area (Å²) in [5.74, 6) is 0. The van der Waals surface area contributed by atoms with Crippen LogP contribution in [-0.4, -0.2) is 32.6 Å². The number of halogens is 3. The molecule has 0 aliphatic carbocycles. The highest BCUT2D eigenvalue weighted by molar-refractivity contribution is 7.90. The van der Waals surface area contributed by atoms with Crippen molar-refractivity contribution in [2.24, 2.45) is 0 Å². The fraction of sp³-hybridized carbons (Fsp3) is 1.00. The predicted octanol–water partition coefficient (Wildman–Crippen LogP) is 0.956. The maximum Gasteiger partial charge on any atom is 0.511 e. The second-order valence-electron chi connectivity index (χ2n) is 3.91. The van der Waals surface area contributed by atoms with Crippen molar-refractivity contribution >= 4 is 10.0 Å². The Kier molecular flexibility index (Phi) is 4.19. The Morgan fingerprint density at radius 1 is 1.38 bits per heavy atom. The molecule has 2 atom stereocenters. The van der Waals surface area contributed by atoms with Gasteiger partial charge >= 0.3 is 15.5 Å². The Hall–Kier alpha value is -0.340. The van der Waals surface area contributed by atoms with E-state index >= 15 is 0 Å². The van der Waals surface area contributed by atoms with Crippen LogP contribution in [-0.2, 0) is 10.0 Å². The van der Waals surface area contributed by atoms with Gasteiger partial charge in [0.25, 0.3) is 0 Å². The molecule has 16 heavy (non-hydrogen) atoms. The van der Waals surface area contributed by atoms with Gasteiger partial charge < -0.3 is 5.32 Å². The molecule has 2 unspecified atom stereocenters. The summed E-state index contributed by atoms with van der Waals surface area (Å²) in [6, 6.07) is -0.988. The van der Waals surface area contributed by atoms with Crippen LogP contribution in [0.4, 0.5) is 13.2 Å². The van der Waals surface area contributed by atoms with Crippen LogP contribution in [0.25, 0.3) is 0 Å². The lowest BCUT2D eigenvalue weighted by molar-refractivity contribution is -0.0451. The van der Waals surface area contributed by atoms with E-state index in [0.717, 1.165) is 12.8 Å². The van der Waals surface area contributed by atoms with E-state index in [1.165, 1.54) is 6.92 Å². The second kappa shape index (κ2) is 4.89. The van der Waals surface area contributed by atoms with Crippen molar-refractivity contribution in [3.8, 4) is 0 Å². The smallest absolute Gasteiger partial charge is 0.312 e. The first-order chi connectivity index (χ1) is 7.24. The average Bonchev–Trinajstić information content (AvgIpc) is 2.16. The molecule has 1 heterocycles. The SMILES string of the molecule is CC(NS(=O)(=O)C(F)(F)F)C1CCCCN1. The minimum Gasteiger partial charge on any atom is -0.312 e. The Morgan fingerprint density at radius 2 is 2.00 bits per heavy atom. The van der Waals surface area contributed by atoms with E-state index in [1.54, 1.807) is 4.72 Å². The third-order valence-corrected chi connectivity index (χ3v) is 3.89. The molecule has 0 aromatic rings. The van der Waals surface area contributed by atoms with E-state index in [0.29, 0.717) is 13.0 Å². The van der Waals surface area contributed by atoms with Crippen molar-refractivity contribution in [3.05, 3.63) is 0 Å². The Morgan fingerprint density at radius 3 is 2.44 bits per heavy atom. The number of nitrogens with one attached hydrogen (secondary N) is 2. The van der Waals surface area contributed by atoms with Crippen molar-refractivity contribution in [1.82, 2.24) is 10.0 Å². The number of piperidine rings is 1. The molecule has 1 aliphatic rings. The molecule has 96 valence electrons. The standard InChI is InChI=1S/C8H15F3N2O2S/c1-6(7-4-2-3-5-12-7)13-16(14,15)8(9,10)11/h6-7,12-13H,2-5H2,1H3. The van der Waals surface area contributed by atoms with E-state index in [1.807, 2.05) is 0 Å². The molecule has 2 N–H and O–H groups in total. The second-order valence-corrected chi connectivity index (χ2v) is 5.62. The lowest BCUT2D eigenvalue weighted by Gasteiger charge is -2.29. The van der Waals surface area contributed by atoms with Crippen LogP contribution >= 0.6 is 0 Å². The highest BCUT2D eigenvalue weighted by Crippen LogP contribution is 2.23. The molecule has 0 bridgehead atoms. The molecule has 0 amide bonds. The van der Waals surface area contributed by atoms with Gasteiger partial charge in [-0.3, -0.25) is 0 Å². The lowest BCUT2D eigenvalue weighted by atomic mass is 10.00. The highest BCUT2D eigenvalue weighted by atomic mass is 32.2. The number of sulfonamides is 1. The Labute approximate surface area is 92.6 Å². The van der Waals surface area contributed by atoms with Gasteiger partial charge in [0.1, 0.15) is 0 Å². The van der Waals surface area contributed by atoms with E-state index in [4.69, 9.17) is 0 Å². The van der Waals surface area contributed by atoms with Crippen LogP contribution in [0.2, 0.25) is 0 Å². The average molecular weight is 260 g/mol. The zero-order chi connectivity index (χ0) is 12.4. The lowest BCUT2D eigenvalue weighted by Crippen LogP contribution is -2.52. The van der Waals surface area contributed by atoms with Gasteiger partial charge in [-0.25, -0.2) is 13.1 Å². The quantitative estimate of drug-likeness (QED) is 0.794. The van der Waals surface area contributed by atoms with Gasteiger partial charge in [-0.15, -0.1) is 0 Å². The van der Waals surface area contributed by atoms with Crippen LogP contribution in [0.15, 0.2) is 0 Å². The topological polar surface area (TPSA) is 58.2 Å². The van der Waals surface area contributed by atoms with E-state index in [9.17, 15) is 21.6 Å². The van der Waals surface area contributed by atoms with Crippen molar-refractivity contribution in [2.75, 3.05) is 6.54 Å². The van der Waals surface area contributed by atoms with E-state index < -0.39 is 21.6 Å². The molecule has 0 spiro atoms. The van der Waals surface area contributed by atoms with Crippen LogP contribution in [0.3, 0.4) is 0 Å². The summed E-state index contributed by atoms with van der Waals surface area (Å²) < 4.78 is 59.6. The Balaban J connectivity index is 2.60. The van der Waals surface area contributed by atoms with Crippen molar-refractivity contribution in [3.63, 3.8) is 0 Å². The van der Waals surface area contributed by atoms with Gasteiger partial charge in [-0.05, 0) is 26.3 Å². The maximum absolute atomic E-state index is 12.1. The first-order valence-corrected chi connectivity index (χ1v) is 6.54. The van der Waals surface area contributed by atoms with Crippen LogP contribution in [0.1, 0.15) is 26.2 Å². The zero-order valence-electron chi connectivity index (χ0n) is 8.84. The number of hydrogen-bond acceptors (Lipinski definition) is 3. The van der Waals surface area contributed by atoms with E-state index in [2.05, 4.69) is 5.32 Å². The fourth-order valence-electron chi connectivity index (χ4n) is 1.70. The molecule has 1 fully saturated rings. The Bertz CT molecular complexity index is 323. The summed E-state index contributed by atoms with van der Waals surface area (Å²) >= 11 is 0. The van der Waals surface area contributed by atoms with Gasteiger partial charge in [0.2, 0.25) is 0 Å². The first-order valence-electron chi connectivity index (χ1n) is 5.06. The molecular formula is C8H15F3N2O2S. The molecular weight excluding hydrogens is 245 g/mol. The summed E-state index contributed by atoms with van der Waals surface area (Å²) in [4.78, 5) is 0. The van der Waals surface area contributed by atoms with Crippen LogP contribution in [0, 0.1) is 0 Å². The number of rotatable bonds is 3. The van der Waals surface area contributed by atoms with E-state index in [-0.39, 0.29) is 6.04 Å². The third-order valence-electron chi connectivity index (χ3n) is 2.60. The third kappa shape index (κ3) is 3.33. The number of hydrogen-bond donors (Lipinski definition) is 2. The first kappa shape index (κ1) is 13.7. The van der Waals surface area contributed by atoms with Gasteiger partial charge in [0.05, 0.1) is 0 Å². The fourth-order valence-corrected chi connectivity index (χ4v) is 2.49. The number of alkyl halides is 3. The minimum absolute atomic E-state index is 0.231. The molecule has 0 saturated carbocycles. The summed E-state index contributed by atoms with van der Waals surface area (Å²) in [7, 11) is -5.24. The van der Waals surface area contributed by atoms with Gasteiger partial charge in [0, 0.05) is 12.1 Å². The van der Waals surface area contributed by atoms with Gasteiger partial charge in [-0.1, -0.05) is 6.42 Å². The highest BCUT2D eigenvalue weighted by Gasteiger charge is 2.46. The largest absolute Gasteiger partial charge is 0.511 e. The zero-order valence-corrected chi connectivity index (χ0v) is 9.66. The molecule has 1 aliphatic heterocycles. The normalized spacial score (nSPS) is 25.4.